The normalized spacial score (nSPS) is 14.3. The number of piperidine rings is 1. The molecule has 1 aliphatic rings. The monoisotopic (exact) mass is 484 g/mol. The Labute approximate surface area is 199 Å². The van der Waals surface area contributed by atoms with Gasteiger partial charge < -0.3 is 15.3 Å². The van der Waals surface area contributed by atoms with Crippen molar-refractivity contribution in [2.24, 2.45) is 0 Å². The van der Waals surface area contributed by atoms with Crippen LogP contribution in [0, 0.1) is 18.3 Å². The number of amides is 2. The predicted molar refractivity (Wildman–Crippen MR) is 128 cm³/mol. The van der Waals surface area contributed by atoms with E-state index in [1.807, 2.05) is 12.1 Å². The van der Waals surface area contributed by atoms with Gasteiger partial charge in [0.05, 0.1) is 23.9 Å². The molecule has 0 unspecified atom stereocenters. The second-order valence-corrected chi connectivity index (χ2v) is 9.99. The Balaban J connectivity index is 1.64. The molecule has 0 saturated carbocycles. The van der Waals surface area contributed by atoms with Crippen molar-refractivity contribution in [3.8, 4) is 6.07 Å². The Bertz CT molecular complexity index is 1180. The summed E-state index contributed by atoms with van der Waals surface area (Å²) in [6.45, 7) is 2.54. The second kappa shape index (κ2) is 11.1. The van der Waals surface area contributed by atoms with E-state index >= 15 is 0 Å². The molecule has 9 nitrogen and oxygen atoms in total. The lowest BCUT2D eigenvalue weighted by Crippen LogP contribution is -2.38. The zero-order chi connectivity index (χ0) is 24.7. The van der Waals surface area contributed by atoms with Gasteiger partial charge in [-0.1, -0.05) is 18.2 Å². The minimum atomic E-state index is -3.99. The average Bonchev–Trinajstić information content (AvgIpc) is 2.83. The van der Waals surface area contributed by atoms with E-state index in [4.69, 9.17) is 10.4 Å². The SMILES string of the molecule is Cc1ccc(C(=O)N2CCC(c3ccc(C#N)cc3)CC2)cc1NS(=O)(=O)CC(=O)NCCO. The number of likely N-dealkylation sites (tertiary alicyclic amines) is 1. The summed E-state index contributed by atoms with van der Waals surface area (Å²) in [5.41, 5.74) is 3.00. The second-order valence-electron chi connectivity index (χ2n) is 8.26. The van der Waals surface area contributed by atoms with Crippen molar-refractivity contribution < 1.29 is 23.1 Å². The molecule has 3 rings (SSSR count). The Morgan fingerprint density at radius 3 is 2.44 bits per heavy atom. The smallest absolute Gasteiger partial charge is 0.253 e. The van der Waals surface area contributed by atoms with Crippen LogP contribution in [0.3, 0.4) is 0 Å². The van der Waals surface area contributed by atoms with E-state index in [0.29, 0.717) is 35.7 Å². The third kappa shape index (κ3) is 6.56. The summed E-state index contributed by atoms with van der Waals surface area (Å²) >= 11 is 0. The van der Waals surface area contributed by atoms with Gasteiger partial charge in [-0.2, -0.15) is 5.26 Å². The van der Waals surface area contributed by atoms with Gasteiger partial charge in [-0.3, -0.25) is 14.3 Å². The van der Waals surface area contributed by atoms with Gasteiger partial charge in [0.25, 0.3) is 5.91 Å². The summed E-state index contributed by atoms with van der Waals surface area (Å²) in [7, 11) is -3.99. The van der Waals surface area contributed by atoms with E-state index in [1.165, 1.54) is 6.07 Å². The molecule has 0 aromatic heterocycles. The zero-order valence-corrected chi connectivity index (χ0v) is 19.8. The minimum absolute atomic E-state index is 0.0285. The fourth-order valence-corrected chi connectivity index (χ4v) is 4.99. The summed E-state index contributed by atoms with van der Waals surface area (Å²) in [5, 5.41) is 20.0. The number of hydrogen-bond acceptors (Lipinski definition) is 6. The number of rotatable bonds is 8. The van der Waals surface area contributed by atoms with Gasteiger partial charge >= 0.3 is 0 Å². The topological polar surface area (TPSA) is 140 Å². The number of nitrogens with one attached hydrogen (secondary N) is 2. The van der Waals surface area contributed by atoms with Gasteiger partial charge in [-0.25, -0.2) is 8.42 Å². The van der Waals surface area contributed by atoms with E-state index in [9.17, 15) is 18.0 Å². The van der Waals surface area contributed by atoms with Crippen LogP contribution in [0.15, 0.2) is 42.5 Å². The first-order chi connectivity index (χ1) is 16.2. The lowest BCUT2D eigenvalue weighted by Gasteiger charge is -2.32. The summed E-state index contributed by atoms with van der Waals surface area (Å²) < 4.78 is 27.1. The summed E-state index contributed by atoms with van der Waals surface area (Å²) in [6, 6.07) is 14.5. The maximum Gasteiger partial charge on any atom is 0.253 e. The fourth-order valence-electron chi connectivity index (χ4n) is 3.92. The van der Waals surface area contributed by atoms with Crippen molar-refractivity contribution in [3.63, 3.8) is 0 Å². The molecule has 1 fully saturated rings. The Morgan fingerprint density at radius 2 is 1.82 bits per heavy atom. The molecule has 1 aliphatic heterocycles. The Kier molecular flexibility index (Phi) is 8.26. The average molecular weight is 485 g/mol. The molecule has 1 saturated heterocycles. The van der Waals surface area contributed by atoms with Crippen molar-refractivity contribution in [1.29, 1.82) is 5.26 Å². The van der Waals surface area contributed by atoms with Crippen LogP contribution in [0.1, 0.15) is 45.8 Å². The number of nitrogens with zero attached hydrogens (tertiary/aromatic N) is 2. The lowest BCUT2D eigenvalue weighted by molar-refractivity contribution is -0.118. The molecule has 0 atom stereocenters. The highest BCUT2D eigenvalue weighted by atomic mass is 32.2. The molecule has 10 heteroatoms. The first kappa shape index (κ1) is 25.2. The Hall–Kier alpha value is -3.42. The van der Waals surface area contributed by atoms with Crippen LogP contribution in [-0.4, -0.2) is 62.2 Å². The van der Waals surface area contributed by atoms with Gasteiger partial charge in [0.1, 0.15) is 5.75 Å². The maximum absolute atomic E-state index is 13.1. The Morgan fingerprint density at radius 1 is 1.15 bits per heavy atom. The number of nitriles is 1. The molecule has 34 heavy (non-hydrogen) atoms. The molecular formula is C24H28N4O5S. The number of hydrogen-bond donors (Lipinski definition) is 3. The first-order valence-corrected chi connectivity index (χ1v) is 12.7. The number of anilines is 1. The van der Waals surface area contributed by atoms with Crippen LogP contribution in [-0.2, 0) is 14.8 Å². The molecule has 3 N–H and O–H groups in total. The van der Waals surface area contributed by atoms with Crippen LogP contribution in [0.25, 0.3) is 0 Å². The van der Waals surface area contributed by atoms with Crippen LogP contribution in [0.4, 0.5) is 5.69 Å². The van der Waals surface area contributed by atoms with E-state index in [-0.39, 0.29) is 24.7 Å². The van der Waals surface area contributed by atoms with Crippen molar-refractivity contribution in [1.82, 2.24) is 10.2 Å². The van der Waals surface area contributed by atoms with Crippen molar-refractivity contribution in [3.05, 3.63) is 64.7 Å². The van der Waals surface area contributed by atoms with Crippen LogP contribution >= 0.6 is 0 Å². The number of aliphatic hydroxyl groups excluding tert-OH is 1. The summed E-state index contributed by atoms with van der Waals surface area (Å²) in [6.07, 6.45) is 1.60. The molecule has 0 spiro atoms. The lowest BCUT2D eigenvalue weighted by atomic mass is 9.89. The molecule has 2 aromatic rings. The summed E-state index contributed by atoms with van der Waals surface area (Å²) in [4.78, 5) is 26.6. The van der Waals surface area contributed by atoms with Gasteiger partial charge in [0.2, 0.25) is 15.9 Å². The number of carbonyl (C=O) groups is 2. The number of carbonyl (C=O) groups excluding carboxylic acids is 2. The first-order valence-electron chi connectivity index (χ1n) is 11.0. The zero-order valence-electron chi connectivity index (χ0n) is 19.0. The van der Waals surface area contributed by atoms with Crippen LogP contribution in [0.2, 0.25) is 0 Å². The number of aryl methyl sites for hydroxylation is 1. The molecular weight excluding hydrogens is 456 g/mol. The summed E-state index contributed by atoms with van der Waals surface area (Å²) in [5.74, 6) is -1.38. The van der Waals surface area contributed by atoms with Crippen molar-refractivity contribution >= 4 is 27.5 Å². The predicted octanol–water partition coefficient (Wildman–Crippen LogP) is 1.74. The highest BCUT2D eigenvalue weighted by Gasteiger charge is 2.25. The molecule has 1 heterocycles. The fraction of sp³-hybridized carbons (Fsp3) is 0.375. The molecule has 0 bridgehead atoms. The quantitative estimate of drug-likeness (QED) is 0.521. The highest BCUT2D eigenvalue weighted by Crippen LogP contribution is 2.29. The van der Waals surface area contributed by atoms with Crippen LogP contribution in [0.5, 0.6) is 0 Å². The van der Waals surface area contributed by atoms with Crippen molar-refractivity contribution in [2.45, 2.75) is 25.7 Å². The van der Waals surface area contributed by atoms with E-state index in [0.717, 1.165) is 18.4 Å². The molecule has 0 aliphatic carbocycles. The van der Waals surface area contributed by atoms with E-state index in [2.05, 4.69) is 16.1 Å². The van der Waals surface area contributed by atoms with Crippen molar-refractivity contribution in [2.75, 3.05) is 36.7 Å². The third-order valence-corrected chi connectivity index (χ3v) is 6.97. The number of benzene rings is 2. The number of sulfonamides is 1. The van der Waals surface area contributed by atoms with E-state index in [1.54, 1.807) is 36.1 Å². The molecule has 2 aromatic carbocycles. The highest BCUT2D eigenvalue weighted by molar-refractivity contribution is 7.93. The molecule has 180 valence electrons. The van der Waals surface area contributed by atoms with Gasteiger partial charge in [0.15, 0.2) is 0 Å². The van der Waals surface area contributed by atoms with Gasteiger partial charge in [-0.05, 0) is 61.1 Å². The maximum atomic E-state index is 13.1. The van der Waals surface area contributed by atoms with Gasteiger partial charge in [0, 0.05) is 25.2 Å². The van der Waals surface area contributed by atoms with Gasteiger partial charge in [-0.15, -0.1) is 0 Å². The van der Waals surface area contributed by atoms with Crippen LogP contribution < -0.4 is 10.0 Å². The van der Waals surface area contributed by atoms with E-state index < -0.39 is 21.7 Å². The standard InChI is InChI=1S/C24H28N4O5S/c1-17-2-5-21(14-22(17)27-34(32,33)16-23(30)26-10-13-29)24(31)28-11-8-20(9-12-28)19-6-3-18(15-25)4-7-19/h2-7,14,20,27,29H,8-13,16H2,1H3,(H,26,30). The number of aliphatic hydroxyl groups is 1. The third-order valence-electron chi connectivity index (χ3n) is 5.80. The molecule has 2 amide bonds. The largest absolute Gasteiger partial charge is 0.395 e. The minimum Gasteiger partial charge on any atom is -0.395 e. The molecule has 0 radical (unpaired) electrons.